The van der Waals surface area contributed by atoms with E-state index in [0.717, 1.165) is 39.9 Å². The number of carbonyl (C=O) groups is 1. The standard InChI is InChI=1S/C20H15N3O3/c1-22-6-5-16(21-22)12-2-3-14-15-4-7-23-10-13(11-24)18(25)9-17(23)20(15)26-19(14)8-12/h2-3,5-6,8-11H,4,7H2,1H3. The maximum Gasteiger partial charge on any atom is 0.192 e. The first kappa shape index (κ1) is 14.9. The molecule has 128 valence electrons. The molecule has 6 nitrogen and oxygen atoms in total. The minimum atomic E-state index is -0.284. The Balaban J connectivity index is 1.71. The Morgan fingerprint density at radius 1 is 1.23 bits per heavy atom. The highest BCUT2D eigenvalue weighted by Crippen LogP contribution is 2.38. The maximum atomic E-state index is 12.1. The molecule has 0 radical (unpaired) electrons. The number of aryl methyl sites for hydroxylation is 3. The van der Waals surface area contributed by atoms with Crippen molar-refractivity contribution >= 4 is 17.3 Å². The highest BCUT2D eigenvalue weighted by Gasteiger charge is 2.23. The number of carbonyl (C=O) groups excluding carboxylic acids is 1. The van der Waals surface area contributed by atoms with Gasteiger partial charge in [0.15, 0.2) is 17.5 Å². The van der Waals surface area contributed by atoms with E-state index in [0.29, 0.717) is 18.6 Å². The van der Waals surface area contributed by atoms with Gasteiger partial charge in [0.25, 0.3) is 0 Å². The Morgan fingerprint density at radius 3 is 2.88 bits per heavy atom. The molecule has 0 aliphatic carbocycles. The molecule has 0 amide bonds. The molecule has 6 heteroatoms. The minimum absolute atomic E-state index is 0.172. The average molecular weight is 345 g/mol. The molecule has 0 N–H and O–H groups in total. The highest BCUT2D eigenvalue weighted by molar-refractivity contribution is 5.91. The molecule has 1 aliphatic rings. The summed E-state index contributed by atoms with van der Waals surface area (Å²) in [7, 11) is 1.88. The molecular weight excluding hydrogens is 330 g/mol. The number of hydrogen-bond donors (Lipinski definition) is 0. The Kier molecular flexibility index (Phi) is 3.03. The summed E-state index contributed by atoms with van der Waals surface area (Å²) in [5.74, 6) is 0.707. The lowest BCUT2D eigenvalue weighted by molar-refractivity contribution is 0.112. The quantitative estimate of drug-likeness (QED) is 0.524. The van der Waals surface area contributed by atoms with Crippen LogP contribution in [0.1, 0.15) is 15.9 Å². The maximum absolute atomic E-state index is 12.1. The van der Waals surface area contributed by atoms with Crippen molar-refractivity contribution in [1.29, 1.82) is 0 Å². The van der Waals surface area contributed by atoms with Gasteiger partial charge in [-0.3, -0.25) is 14.3 Å². The molecule has 26 heavy (non-hydrogen) atoms. The van der Waals surface area contributed by atoms with Crippen LogP contribution in [0.3, 0.4) is 0 Å². The van der Waals surface area contributed by atoms with Crippen LogP contribution in [0.2, 0.25) is 0 Å². The first-order valence-electron chi connectivity index (χ1n) is 8.39. The summed E-state index contributed by atoms with van der Waals surface area (Å²) in [6.45, 7) is 0.708. The van der Waals surface area contributed by atoms with E-state index in [9.17, 15) is 9.59 Å². The molecule has 0 atom stereocenters. The van der Waals surface area contributed by atoms with E-state index >= 15 is 0 Å². The molecule has 3 aromatic heterocycles. The van der Waals surface area contributed by atoms with Gasteiger partial charge in [-0.1, -0.05) is 12.1 Å². The Morgan fingerprint density at radius 2 is 2.12 bits per heavy atom. The zero-order valence-corrected chi connectivity index (χ0v) is 14.1. The van der Waals surface area contributed by atoms with Crippen molar-refractivity contribution in [2.45, 2.75) is 13.0 Å². The Labute approximate surface area is 148 Å². The lowest BCUT2D eigenvalue weighted by Gasteiger charge is -2.18. The van der Waals surface area contributed by atoms with Crippen LogP contribution in [0.5, 0.6) is 0 Å². The summed E-state index contributed by atoms with van der Waals surface area (Å²) in [5, 5.41) is 5.49. The number of nitrogens with zero attached hydrogens (tertiary/aromatic N) is 3. The van der Waals surface area contributed by atoms with E-state index in [-0.39, 0.29) is 11.0 Å². The van der Waals surface area contributed by atoms with Gasteiger partial charge in [-0.25, -0.2) is 0 Å². The SMILES string of the molecule is Cn1ccc(-c2ccc3c4c(oc3c2)-c2cc(=O)c(C=O)cn2CC4)n1. The van der Waals surface area contributed by atoms with E-state index in [1.807, 2.05) is 36.0 Å². The summed E-state index contributed by atoms with van der Waals surface area (Å²) in [6.07, 6.45) is 4.91. The van der Waals surface area contributed by atoms with Gasteiger partial charge in [-0.2, -0.15) is 5.10 Å². The van der Waals surface area contributed by atoms with Crippen LogP contribution in [-0.2, 0) is 20.0 Å². The predicted octanol–water partition coefficient (Wildman–Crippen LogP) is 3.03. The van der Waals surface area contributed by atoms with Crippen molar-refractivity contribution in [1.82, 2.24) is 14.3 Å². The predicted molar refractivity (Wildman–Crippen MR) is 97.2 cm³/mol. The molecule has 0 unspecified atom stereocenters. The molecule has 4 aromatic rings. The smallest absolute Gasteiger partial charge is 0.192 e. The van der Waals surface area contributed by atoms with Gasteiger partial charge in [0.05, 0.1) is 17.0 Å². The molecule has 0 saturated carbocycles. The molecule has 5 rings (SSSR count). The van der Waals surface area contributed by atoms with E-state index in [1.54, 1.807) is 10.9 Å². The van der Waals surface area contributed by atoms with Gasteiger partial charge in [-0.05, 0) is 18.6 Å². The van der Waals surface area contributed by atoms with Crippen molar-refractivity contribution in [3.8, 4) is 22.7 Å². The van der Waals surface area contributed by atoms with Crippen LogP contribution >= 0.6 is 0 Å². The van der Waals surface area contributed by atoms with Gasteiger partial charge in [0.1, 0.15) is 5.58 Å². The molecule has 0 saturated heterocycles. The van der Waals surface area contributed by atoms with Crippen LogP contribution in [-0.4, -0.2) is 20.6 Å². The molecule has 1 aromatic carbocycles. The Hall–Kier alpha value is -3.41. The first-order valence-corrected chi connectivity index (χ1v) is 8.39. The lowest BCUT2D eigenvalue weighted by atomic mass is 10.0. The van der Waals surface area contributed by atoms with Crippen LogP contribution in [0.25, 0.3) is 33.7 Å². The molecule has 4 heterocycles. The fourth-order valence-corrected chi connectivity index (χ4v) is 3.63. The number of benzene rings is 1. The molecule has 1 aliphatic heterocycles. The van der Waals surface area contributed by atoms with Gasteiger partial charge in [0.2, 0.25) is 0 Å². The third kappa shape index (κ3) is 2.08. The molecular formula is C20H15N3O3. The van der Waals surface area contributed by atoms with Crippen molar-refractivity contribution in [3.05, 3.63) is 64.1 Å². The second kappa shape index (κ2) is 5.29. The summed E-state index contributed by atoms with van der Waals surface area (Å²) in [4.78, 5) is 23.1. The fraction of sp³-hybridized carbons (Fsp3) is 0.150. The van der Waals surface area contributed by atoms with Crippen LogP contribution < -0.4 is 5.43 Å². The van der Waals surface area contributed by atoms with Gasteiger partial charge < -0.3 is 8.98 Å². The summed E-state index contributed by atoms with van der Waals surface area (Å²) in [6, 6.07) is 9.52. The summed E-state index contributed by atoms with van der Waals surface area (Å²) in [5.41, 5.74) is 4.36. The second-order valence-corrected chi connectivity index (χ2v) is 6.53. The van der Waals surface area contributed by atoms with Gasteiger partial charge >= 0.3 is 0 Å². The number of hydrogen-bond acceptors (Lipinski definition) is 4. The van der Waals surface area contributed by atoms with E-state index < -0.39 is 0 Å². The van der Waals surface area contributed by atoms with Crippen molar-refractivity contribution < 1.29 is 9.21 Å². The largest absolute Gasteiger partial charge is 0.454 e. The number of furan rings is 1. The topological polar surface area (TPSA) is 70.0 Å². The first-order chi connectivity index (χ1) is 12.6. The molecule has 0 spiro atoms. The van der Waals surface area contributed by atoms with E-state index in [2.05, 4.69) is 11.2 Å². The highest BCUT2D eigenvalue weighted by atomic mass is 16.3. The van der Waals surface area contributed by atoms with Crippen molar-refractivity contribution in [2.75, 3.05) is 0 Å². The number of aromatic nitrogens is 3. The summed E-state index contributed by atoms with van der Waals surface area (Å²) < 4.78 is 9.81. The monoisotopic (exact) mass is 345 g/mol. The second-order valence-electron chi connectivity index (χ2n) is 6.53. The lowest BCUT2D eigenvalue weighted by Crippen LogP contribution is -2.18. The number of rotatable bonds is 2. The van der Waals surface area contributed by atoms with Crippen LogP contribution in [0.4, 0.5) is 0 Å². The number of pyridine rings is 1. The van der Waals surface area contributed by atoms with Crippen molar-refractivity contribution in [3.63, 3.8) is 0 Å². The molecule has 0 bridgehead atoms. The molecule has 0 fully saturated rings. The van der Waals surface area contributed by atoms with Gasteiger partial charge in [0, 0.05) is 48.6 Å². The third-order valence-corrected chi connectivity index (χ3v) is 4.92. The number of aldehydes is 1. The normalized spacial score (nSPS) is 12.8. The zero-order valence-electron chi connectivity index (χ0n) is 14.1. The van der Waals surface area contributed by atoms with Crippen molar-refractivity contribution in [2.24, 2.45) is 7.05 Å². The van der Waals surface area contributed by atoms with Crippen LogP contribution in [0, 0.1) is 0 Å². The van der Waals surface area contributed by atoms with Crippen LogP contribution in [0.15, 0.2) is 51.9 Å². The minimum Gasteiger partial charge on any atom is -0.454 e. The number of fused-ring (bicyclic) bond motifs is 5. The third-order valence-electron chi connectivity index (χ3n) is 4.92. The summed E-state index contributed by atoms with van der Waals surface area (Å²) >= 11 is 0. The van der Waals surface area contributed by atoms with E-state index in [4.69, 9.17) is 4.42 Å². The Bertz CT molecular complexity index is 1240. The fourth-order valence-electron chi connectivity index (χ4n) is 3.63. The zero-order chi connectivity index (χ0) is 17.8. The average Bonchev–Trinajstić information content (AvgIpc) is 3.24. The van der Waals surface area contributed by atoms with Gasteiger partial charge in [-0.15, -0.1) is 0 Å². The van der Waals surface area contributed by atoms with E-state index in [1.165, 1.54) is 6.07 Å².